The van der Waals surface area contributed by atoms with E-state index in [2.05, 4.69) is 5.32 Å². The molecule has 0 saturated carbocycles. The second-order valence-electron chi connectivity index (χ2n) is 7.56. The first kappa shape index (κ1) is 21.2. The van der Waals surface area contributed by atoms with Crippen LogP contribution in [0.25, 0.3) is 22.1 Å². The molecular formula is C26H23NO5. The molecule has 0 fully saturated rings. The van der Waals surface area contributed by atoms with E-state index >= 15 is 0 Å². The fraction of sp³-hybridized carbons (Fsp3) is 0.154. The van der Waals surface area contributed by atoms with Crippen LogP contribution in [0.5, 0.6) is 5.75 Å². The number of rotatable bonds is 7. The lowest BCUT2D eigenvalue weighted by molar-refractivity contribution is -0.139. The molecule has 6 nitrogen and oxygen atoms in total. The third-order valence-electron chi connectivity index (χ3n) is 5.39. The highest BCUT2D eigenvalue weighted by Gasteiger charge is 2.24. The minimum atomic E-state index is -1.09. The Balaban J connectivity index is 1.52. The van der Waals surface area contributed by atoms with Crippen LogP contribution in [0.4, 0.5) is 0 Å². The minimum absolute atomic E-state index is 0.175. The second-order valence-corrected chi connectivity index (χ2v) is 7.56. The van der Waals surface area contributed by atoms with Gasteiger partial charge in [-0.3, -0.25) is 4.79 Å². The predicted molar refractivity (Wildman–Crippen MR) is 122 cm³/mol. The Bertz CT molecular complexity index is 1270. The van der Waals surface area contributed by atoms with Gasteiger partial charge in [-0.15, -0.1) is 0 Å². The number of carboxylic acid groups (broad SMARTS) is 1. The molecule has 0 aliphatic carbocycles. The summed E-state index contributed by atoms with van der Waals surface area (Å²) in [6.07, 6.45) is 0.175. The molecule has 4 rings (SSSR count). The lowest BCUT2D eigenvalue weighted by Gasteiger charge is -2.15. The van der Waals surface area contributed by atoms with E-state index in [1.165, 1.54) is 0 Å². The highest BCUT2D eigenvalue weighted by atomic mass is 16.5. The maximum Gasteiger partial charge on any atom is 0.326 e. The van der Waals surface area contributed by atoms with Gasteiger partial charge < -0.3 is 19.6 Å². The summed E-state index contributed by atoms with van der Waals surface area (Å²) < 4.78 is 10.9. The van der Waals surface area contributed by atoms with Crippen LogP contribution in [0.3, 0.4) is 0 Å². The van der Waals surface area contributed by atoms with Crippen molar-refractivity contribution < 1.29 is 23.8 Å². The van der Waals surface area contributed by atoms with E-state index in [-0.39, 0.29) is 6.42 Å². The lowest BCUT2D eigenvalue weighted by atomic mass is 10.0. The van der Waals surface area contributed by atoms with Crippen LogP contribution in [-0.4, -0.2) is 30.1 Å². The number of furan rings is 1. The summed E-state index contributed by atoms with van der Waals surface area (Å²) in [5.41, 5.74) is 1.93. The fourth-order valence-electron chi connectivity index (χ4n) is 3.64. The third-order valence-corrected chi connectivity index (χ3v) is 5.39. The Morgan fingerprint density at radius 1 is 1.00 bits per heavy atom. The largest absolute Gasteiger partial charge is 0.497 e. The summed E-state index contributed by atoms with van der Waals surface area (Å²) in [7, 11) is 1.59. The first-order valence-electron chi connectivity index (χ1n) is 10.2. The molecule has 32 heavy (non-hydrogen) atoms. The molecule has 0 unspecified atom stereocenters. The first-order valence-corrected chi connectivity index (χ1v) is 10.2. The third kappa shape index (κ3) is 4.49. The van der Waals surface area contributed by atoms with Crippen LogP contribution in [-0.2, 0) is 11.2 Å². The van der Waals surface area contributed by atoms with Crippen molar-refractivity contribution in [2.24, 2.45) is 0 Å². The number of benzene rings is 3. The average molecular weight is 429 g/mol. The molecule has 0 radical (unpaired) electrons. The molecule has 162 valence electrons. The number of amides is 1. The zero-order valence-corrected chi connectivity index (χ0v) is 17.8. The summed E-state index contributed by atoms with van der Waals surface area (Å²) in [6, 6.07) is 21.5. The van der Waals surface area contributed by atoms with Gasteiger partial charge in [-0.05, 0) is 53.6 Å². The standard InChI is InChI=1S/C26H23NO5/c1-16-22(15-24(32-16)19-9-11-21(31-2)12-10-19)25(28)27-23(26(29)30)14-17-7-8-18-5-3-4-6-20(18)13-17/h3-13,15,23H,14H2,1-2H3,(H,27,28)(H,29,30)/t23-/m1/s1. The number of ether oxygens (including phenoxy) is 1. The van der Waals surface area contributed by atoms with Gasteiger partial charge in [0.2, 0.25) is 0 Å². The van der Waals surface area contributed by atoms with Gasteiger partial charge in [-0.1, -0.05) is 42.5 Å². The summed E-state index contributed by atoms with van der Waals surface area (Å²) in [5, 5.41) is 14.4. The SMILES string of the molecule is COc1ccc(-c2cc(C(=O)N[C@H](Cc3ccc4ccccc4c3)C(=O)O)c(C)o2)cc1. The van der Waals surface area contributed by atoms with Crippen molar-refractivity contribution in [3.8, 4) is 17.1 Å². The molecule has 0 bridgehead atoms. The van der Waals surface area contributed by atoms with Crippen LogP contribution in [0.2, 0.25) is 0 Å². The van der Waals surface area contributed by atoms with E-state index in [0.29, 0.717) is 22.8 Å². The average Bonchev–Trinajstić information content (AvgIpc) is 3.20. The quantitative estimate of drug-likeness (QED) is 0.439. The van der Waals surface area contributed by atoms with Crippen molar-refractivity contribution in [3.63, 3.8) is 0 Å². The van der Waals surface area contributed by atoms with Crippen LogP contribution in [0, 0.1) is 6.92 Å². The number of hydrogen-bond acceptors (Lipinski definition) is 4. The Kier molecular flexibility index (Phi) is 5.94. The number of hydrogen-bond donors (Lipinski definition) is 2. The molecule has 4 aromatic rings. The molecule has 0 aliphatic heterocycles. The molecule has 1 amide bonds. The summed E-state index contributed by atoms with van der Waals surface area (Å²) in [6.45, 7) is 1.68. The van der Waals surface area contributed by atoms with Gasteiger partial charge in [0.05, 0.1) is 12.7 Å². The fourth-order valence-corrected chi connectivity index (χ4v) is 3.64. The van der Waals surface area contributed by atoms with E-state index < -0.39 is 17.9 Å². The zero-order chi connectivity index (χ0) is 22.7. The Morgan fingerprint density at radius 3 is 2.41 bits per heavy atom. The number of fused-ring (bicyclic) bond motifs is 1. The van der Waals surface area contributed by atoms with Crippen LogP contribution in [0.15, 0.2) is 77.2 Å². The highest BCUT2D eigenvalue weighted by molar-refractivity contribution is 5.98. The Hall–Kier alpha value is -4.06. The van der Waals surface area contributed by atoms with Gasteiger partial charge in [0.25, 0.3) is 5.91 Å². The molecule has 0 aliphatic rings. The van der Waals surface area contributed by atoms with Gasteiger partial charge in [-0.2, -0.15) is 0 Å². The lowest BCUT2D eigenvalue weighted by Crippen LogP contribution is -2.42. The topological polar surface area (TPSA) is 88.8 Å². The van der Waals surface area contributed by atoms with Crippen LogP contribution >= 0.6 is 0 Å². The number of carboxylic acids is 1. The van der Waals surface area contributed by atoms with Crippen LogP contribution < -0.4 is 10.1 Å². The van der Waals surface area contributed by atoms with Crippen molar-refractivity contribution in [3.05, 3.63) is 89.7 Å². The van der Waals surface area contributed by atoms with Crippen molar-refractivity contribution >= 4 is 22.6 Å². The highest BCUT2D eigenvalue weighted by Crippen LogP contribution is 2.27. The number of methoxy groups -OCH3 is 1. The Morgan fingerprint density at radius 2 is 1.72 bits per heavy atom. The van der Waals surface area contributed by atoms with E-state index in [9.17, 15) is 14.7 Å². The van der Waals surface area contributed by atoms with Crippen molar-refractivity contribution in [1.29, 1.82) is 0 Å². The maximum atomic E-state index is 12.9. The number of carbonyl (C=O) groups excluding carboxylic acids is 1. The molecule has 0 spiro atoms. The van der Waals surface area contributed by atoms with Gasteiger partial charge in [0.15, 0.2) is 0 Å². The van der Waals surface area contributed by atoms with Crippen molar-refractivity contribution in [1.82, 2.24) is 5.32 Å². The van der Waals surface area contributed by atoms with Gasteiger partial charge in [0.1, 0.15) is 23.3 Å². The molecule has 6 heteroatoms. The molecule has 1 aromatic heterocycles. The second kappa shape index (κ2) is 8.98. The van der Waals surface area contributed by atoms with E-state index in [1.54, 1.807) is 32.2 Å². The smallest absolute Gasteiger partial charge is 0.326 e. The molecule has 3 aromatic carbocycles. The Labute approximate surface area is 185 Å². The molecule has 1 heterocycles. The van der Waals surface area contributed by atoms with Gasteiger partial charge in [0, 0.05) is 12.0 Å². The minimum Gasteiger partial charge on any atom is -0.497 e. The molecule has 1 atom stereocenters. The number of carbonyl (C=O) groups is 2. The van der Waals surface area contributed by atoms with E-state index in [4.69, 9.17) is 9.15 Å². The number of aliphatic carboxylic acids is 1. The summed E-state index contributed by atoms with van der Waals surface area (Å²) in [4.78, 5) is 24.7. The summed E-state index contributed by atoms with van der Waals surface area (Å²) in [5.74, 6) is 0.0788. The zero-order valence-electron chi connectivity index (χ0n) is 17.8. The normalized spacial score (nSPS) is 11.8. The van der Waals surface area contributed by atoms with Gasteiger partial charge >= 0.3 is 5.97 Å². The molecule has 0 saturated heterocycles. The molecule has 2 N–H and O–H groups in total. The number of nitrogens with one attached hydrogen (secondary N) is 1. The summed E-state index contributed by atoms with van der Waals surface area (Å²) >= 11 is 0. The maximum absolute atomic E-state index is 12.9. The van der Waals surface area contributed by atoms with Crippen molar-refractivity contribution in [2.75, 3.05) is 7.11 Å². The predicted octanol–water partition coefficient (Wildman–Crippen LogP) is 4.84. The number of aryl methyl sites for hydroxylation is 1. The van der Waals surface area contributed by atoms with E-state index in [1.807, 2.05) is 54.6 Å². The monoisotopic (exact) mass is 429 g/mol. The van der Waals surface area contributed by atoms with E-state index in [0.717, 1.165) is 21.9 Å². The van der Waals surface area contributed by atoms with Crippen LogP contribution in [0.1, 0.15) is 21.7 Å². The molecular weight excluding hydrogens is 406 g/mol. The van der Waals surface area contributed by atoms with Gasteiger partial charge in [-0.25, -0.2) is 4.79 Å². The van der Waals surface area contributed by atoms with Crippen molar-refractivity contribution in [2.45, 2.75) is 19.4 Å². The first-order chi connectivity index (χ1) is 15.4.